The van der Waals surface area contributed by atoms with Crippen molar-refractivity contribution in [2.75, 3.05) is 6.54 Å². The maximum absolute atomic E-state index is 12.0. The topological polar surface area (TPSA) is 37.6 Å². The molecule has 22 heavy (non-hydrogen) atoms. The zero-order chi connectivity index (χ0) is 15.5. The fourth-order valence-corrected chi connectivity index (χ4v) is 3.19. The minimum atomic E-state index is -0.0243. The van der Waals surface area contributed by atoms with Crippen molar-refractivity contribution in [2.24, 2.45) is 0 Å². The standard InChI is InChI=1S/C16H16ClN3OS/c1-2-19(10-12-3-5-13(17)6-4-12)11-14-9-15(21)20-7-8-22-16(20)18-14/h3-9H,2,10-11H2,1H3. The summed E-state index contributed by atoms with van der Waals surface area (Å²) in [4.78, 5) is 19.6. The van der Waals surface area contributed by atoms with E-state index in [4.69, 9.17) is 11.6 Å². The second-order valence-corrected chi connectivity index (χ2v) is 6.38. The molecule has 3 aromatic rings. The van der Waals surface area contributed by atoms with E-state index in [9.17, 15) is 4.79 Å². The Morgan fingerprint density at radius 3 is 2.77 bits per heavy atom. The molecule has 0 bridgehead atoms. The highest BCUT2D eigenvalue weighted by molar-refractivity contribution is 7.15. The number of rotatable bonds is 5. The van der Waals surface area contributed by atoms with Crippen LogP contribution < -0.4 is 5.56 Å². The number of aromatic nitrogens is 2. The highest BCUT2D eigenvalue weighted by atomic mass is 35.5. The van der Waals surface area contributed by atoms with Gasteiger partial charge in [-0.25, -0.2) is 4.98 Å². The van der Waals surface area contributed by atoms with E-state index in [1.54, 1.807) is 16.7 Å². The molecule has 0 amide bonds. The van der Waals surface area contributed by atoms with Crippen LogP contribution in [0.3, 0.4) is 0 Å². The molecule has 0 atom stereocenters. The predicted octanol–water partition coefficient (Wildman–Crippen LogP) is 3.43. The molecule has 3 rings (SSSR count). The van der Waals surface area contributed by atoms with E-state index in [2.05, 4.69) is 16.8 Å². The molecule has 2 aromatic heterocycles. The highest BCUT2D eigenvalue weighted by Crippen LogP contribution is 2.13. The van der Waals surface area contributed by atoms with Gasteiger partial charge < -0.3 is 0 Å². The zero-order valence-electron chi connectivity index (χ0n) is 12.2. The van der Waals surface area contributed by atoms with Crippen LogP contribution in [0.5, 0.6) is 0 Å². The number of benzene rings is 1. The summed E-state index contributed by atoms with van der Waals surface area (Å²) >= 11 is 7.39. The van der Waals surface area contributed by atoms with Gasteiger partial charge in [-0.3, -0.25) is 14.1 Å². The Morgan fingerprint density at radius 1 is 1.27 bits per heavy atom. The van der Waals surface area contributed by atoms with E-state index in [1.807, 2.05) is 29.6 Å². The first-order chi connectivity index (χ1) is 10.7. The number of halogens is 1. The summed E-state index contributed by atoms with van der Waals surface area (Å²) in [7, 11) is 0. The molecule has 0 saturated heterocycles. The van der Waals surface area contributed by atoms with E-state index in [0.717, 1.165) is 28.8 Å². The van der Waals surface area contributed by atoms with E-state index < -0.39 is 0 Å². The number of hydrogen-bond donors (Lipinski definition) is 0. The lowest BCUT2D eigenvalue weighted by atomic mass is 10.2. The lowest BCUT2D eigenvalue weighted by molar-refractivity contribution is 0.268. The quantitative estimate of drug-likeness (QED) is 0.718. The van der Waals surface area contributed by atoms with Crippen LogP contribution in [0.4, 0.5) is 0 Å². The van der Waals surface area contributed by atoms with Gasteiger partial charge in [0.2, 0.25) is 0 Å². The molecule has 0 aliphatic carbocycles. The first-order valence-corrected chi connectivity index (χ1v) is 8.34. The van der Waals surface area contributed by atoms with Crippen molar-refractivity contribution in [2.45, 2.75) is 20.0 Å². The summed E-state index contributed by atoms with van der Waals surface area (Å²) in [5, 5.41) is 2.61. The summed E-state index contributed by atoms with van der Waals surface area (Å²) in [5.74, 6) is 0. The van der Waals surface area contributed by atoms with Gasteiger partial charge in [-0.05, 0) is 24.2 Å². The first kappa shape index (κ1) is 15.2. The Labute approximate surface area is 137 Å². The molecule has 0 N–H and O–H groups in total. The van der Waals surface area contributed by atoms with Crippen LogP contribution >= 0.6 is 22.9 Å². The Morgan fingerprint density at radius 2 is 2.05 bits per heavy atom. The Kier molecular flexibility index (Phi) is 4.57. The van der Waals surface area contributed by atoms with Crippen LogP contribution in [0.25, 0.3) is 4.96 Å². The molecule has 0 saturated carbocycles. The third-order valence-corrected chi connectivity index (χ3v) is 4.52. The second kappa shape index (κ2) is 6.60. The molecule has 4 nitrogen and oxygen atoms in total. The molecule has 0 radical (unpaired) electrons. The van der Waals surface area contributed by atoms with Gasteiger partial charge in [0.1, 0.15) is 0 Å². The van der Waals surface area contributed by atoms with Gasteiger partial charge >= 0.3 is 0 Å². The monoisotopic (exact) mass is 333 g/mol. The van der Waals surface area contributed by atoms with Crippen molar-refractivity contribution in [1.82, 2.24) is 14.3 Å². The summed E-state index contributed by atoms with van der Waals surface area (Å²) < 4.78 is 1.57. The largest absolute Gasteiger partial charge is 0.294 e. The van der Waals surface area contributed by atoms with Crippen LogP contribution in [-0.4, -0.2) is 20.8 Å². The maximum Gasteiger partial charge on any atom is 0.258 e. The normalized spacial score (nSPS) is 11.4. The second-order valence-electron chi connectivity index (χ2n) is 5.07. The molecular weight excluding hydrogens is 318 g/mol. The Hall–Kier alpha value is -1.69. The lowest BCUT2D eigenvalue weighted by Gasteiger charge is -2.20. The molecule has 0 spiro atoms. The predicted molar refractivity (Wildman–Crippen MR) is 90.6 cm³/mol. The van der Waals surface area contributed by atoms with Crippen molar-refractivity contribution in [3.05, 3.63) is 68.5 Å². The van der Waals surface area contributed by atoms with Crippen molar-refractivity contribution in [3.63, 3.8) is 0 Å². The minimum absolute atomic E-state index is 0.0243. The maximum atomic E-state index is 12.0. The molecule has 0 aliphatic rings. The smallest absolute Gasteiger partial charge is 0.258 e. The number of thiazole rings is 1. The van der Waals surface area contributed by atoms with Crippen LogP contribution in [0.1, 0.15) is 18.2 Å². The molecule has 6 heteroatoms. The number of hydrogen-bond acceptors (Lipinski definition) is 4. The van der Waals surface area contributed by atoms with Gasteiger partial charge in [0.15, 0.2) is 4.96 Å². The van der Waals surface area contributed by atoms with Gasteiger partial charge in [-0.2, -0.15) is 0 Å². The number of fused-ring (bicyclic) bond motifs is 1. The minimum Gasteiger partial charge on any atom is -0.294 e. The third kappa shape index (κ3) is 3.38. The van der Waals surface area contributed by atoms with Gasteiger partial charge in [-0.15, -0.1) is 11.3 Å². The van der Waals surface area contributed by atoms with E-state index in [0.29, 0.717) is 6.54 Å². The summed E-state index contributed by atoms with van der Waals surface area (Å²) in [6, 6.07) is 9.45. The summed E-state index contributed by atoms with van der Waals surface area (Å²) in [6.45, 7) is 4.45. The average molecular weight is 334 g/mol. The highest BCUT2D eigenvalue weighted by Gasteiger charge is 2.09. The molecule has 0 aliphatic heterocycles. The van der Waals surface area contributed by atoms with E-state index in [1.165, 1.54) is 16.9 Å². The summed E-state index contributed by atoms with van der Waals surface area (Å²) in [6.07, 6.45) is 1.75. The molecule has 1 aromatic carbocycles. The van der Waals surface area contributed by atoms with E-state index in [-0.39, 0.29) is 5.56 Å². The lowest BCUT2D eigenvalue weighted by Crippen LogP contribution is -2.24. The Bertz CT molecular complexity index is 825. The third-order valence-electron chi connectivity index (χ3n) is 3.51. The first-order valence-electron chi connectivity index (χ1n) is 7.08. The van der Waals surface area contributed by atoms with Crippen LogP contribution in [-0.2, 0) is 13.1 Å². The van der Waals surface area contributed by atoms with Crippen molar-refractivity contribution in [1.29, 1.82) is 0 Å². The zero-order valence-corrected chi connectivity index (χ0v) is 13.8. The molecule has 0 unspecified atom stereocenters. The SMILES string of the molecule is CCN(Cc1ccc(Cl)cc1)Cc1cc(=O)n2ccsc2n1. The number of nitrogens with zero attached hydrogens (tertiary/aromatic N) is 3. The molecular formula is C16H16ClN3OS. The Balaban J connectivity index is 1.78. The van der Waals surface area contributed by atoms with Crippen molar-refractivity contribution in [3.8, 4) is 0 Å². The van der Waals surface area contributed by atoms with Gasteiger partial charge in [-0.1, -0.05) is 30.7 Å². The molecule has 114 valence electrons. The van der Waals surface area contributed by atoms with Gasteiger partial charge in [0.25, 0.3) is 5.56 Å². The van der Waals surface area contributed by atoms with Gasteiger partial charge in [0.05, 0.1) is 5.69 Å². The average Bonchev–Trinajstić information content (AvgIpc) is 2.98. The fourth-order valence-electron chi connectivity index (χ4n) is 2.33. The summed E-state index contributed by atoms with van der Waals surface area (Å²) in [5.41, 5.74) is 1.98. The molecule has 0 fully saturated rings. The van der Waals surface area contributed by atoms with Gasteiger partial charge in [0, 0.05) is 35.8 Å². The van der Waals surface area contributed by atoms with Crippen molar-refractivity contribution >= 4 is 27.9 Å². The van der Waals surface area contributed by atoms with E-state index >= 15 is 0 Å². The van der Waals surface area contributed by atoms with Crippen LogP contribution in [0.2, 0.25) is 5.02 Å². The molecule has 2 heterocycles. The van der Waals surface area contributed by atoms with Crippen molar-refractivity contribution < 1.29 is 0 Å². The fraction of sp³-hybridized carbons (Fsp3) is 0.250. The van der Waals surface area contributed by atoms with Crippen LogP contribution in [0.15, 0.2) is 46.7 Å². The van der Waals surface area contributed by atoms with Crippen LogP contribution in [0, 0.1) is 0 Å².